The third-order valence-corrected chi connectivity index (χ3v) is 1.94. The molecule has 0 heterocycles. The van der Waals surface area contributed by atoms with Crippen molar-refractivity contribution < 1.29 is 9.47 Å². The fourth-order valence-electron chi connectivity index (χ4n) is 1.26. The van der Waals surface area contributed by atoms with Crippen molar-refractivity contribution in [2.24, 2.45) is 5.11 Å². The van der Waals surface area contributed by atoms with E-state index in [4.69, 9.17) is 15.0 Å². The summed E-state index contributed by atoms with van der Waals surface area (Å²) in [4.78, 5) is 2.67. The molecule has 0 aromatic heterocycles. The molecule has 5 nitrogen and oxygen atoms in total. The summed E-state index contributed by atoms with van der Waals surface area (Å²) < 4.78 is 10.5. The summed E-state index contributed by atoms with van der Waals surface area (Å²) in [5.41, 5.74) is 9.16. The third kappa shape index (κ3) is 4.68. The van der Waals surface area contributed by atoms with Gasteiger partial charge < -0.3 is 9.47 Å². The first-order valence-corrected chi connectivity index (χ1v) is 5.08. The number of methoxy groups -OCH3 is 1. The SMILES string of the molecule is COCc1cccc(OCCCN=[N+]=[N-])c1. The van der Waals surface area contributed by atoms with Gasteiger partial charge in [-0.25, -0.2) is 0 Å². The van der Waals surface area contributed by atoms with Gasteiger partial charge in [0, 0.05) is 18.6 Å². The third-order valence-electron chi connectivity index (χ3n) is 1.94. The van der Waals surface area contributed by atoms with Crippen molar-refractivity contribution in [3.8, 4) is 5.75 Å². The average molecular weight is 221 g/mol. The molecule has 0 aliphatic rings. The maximum Gasteiger partial charge on any atom is 0.119 e. The zero-order chi connectivity index (χ0) is 11.6. The Balaban J connectivity index is 2.35. The van der Waals surface area contributed by atoms with E-state index in [1.165, 1.54) is 0 Å². The Morgan fingerprint density at radius 2 is 2.31 bits per heavy atom. The van der Waals surface area contributed by atoms with E-state index in [1.807, 2.05) is 24.3 Å². The minimum absolute atomic E-state index is 0.467. The highest BCUT2D eigenvalue weighted by molar-refractivity contribution is 5.28. The zero-order valence-electron chi connectivity index (χ0n) is 9.30. The molecule has 86 valence electrons. The van der Waals surface area contributed by atoms with Gasteiger partial charge in [-0.05, 0) is 29.6 Å². The van der Waals surface area contributed by atoms with E-state index in [2.05, 4.69) is 10.0 Å². The van der Waals surface area contributed by atoms with E-state index >= 15 is 0 Å². The van der Waals surface area contributed by atoms with Gasteiger partial charge in [0.25, 0.3) is 0 Å². The number of azide groups is 1. The Morgan fingerprint density at radius 3 is 3.06 bits per heavy atom. The lowest BCUT2D eigenvalue weighted by atomic mass is 10.2. The molecule has 0 atom stereocenters. The van der Waals surface area contributed by atoms with Crippen LogP contribution in [0.15, 0.2) is 29.4 Å². The maximum atomic E-state index is 8.08. The Labute approximate surface area is 94.6 Å². The van der Waals surface area contributed by atoms with Crippen LogP contribution in [0.3, 0.4) is 0 Å². The molecule has 0 saturated heterocycles. The standard InChI is InChI=1S/C11H15N3O2/c1-15-9-10-4-2-5-11(8-10)16-7-3-6-13-14-12/h2,4-5,8H,3,6-7,9H2,1H3. The molecule has 0 aliphatic heterocycles. The van der Waals surface area contributed by atoms with Crippen molar-refractivity contribution in [1.82, 2.24) is 0 Å². The second-order valence-electron chi connectivity index (χ2n) is 3.24. The molecular formula is C11H15N3O2. The van der Waals surface area contributed by atoms with Gasteiger partial charge in [0.05, 0.1) is 13.2 Å². The minimum Gasteiger partial charge on any atom is -0.494 e. The minimum atomic E-state index is 0.467. The van der Waals surface area contributed by atoms with Crippen molar-refractivity contribution in [1.29, 1.82) is 0 Å². The molecule has 0 bridgehead atoms. The van der Waals surface area contributed by atoms with Gasteiger partial charge in [-0.2, -0.15) is 0 Å². The molecule has 1 rings (SSSR count). The summed E-state index contributed by atoms with van der Waals surface area (Å²) in [6.07, 6.45) is 0.721. The van der Waals surface area contributed by atoms with Gasteiger partial charge in [-0.3, -0.25) is 0 Å². The van der Waals surface area contributed by atoms with Gasteiger partial charge in [-0.15, -0.1) is 0 Å². The quantitative estimate of drug-likeness (QED) is 0.307. The molecule has 1 aromatic carbocycles. The van der Waals surface area contributed by atoms with Crippen molar-refractivity contribution in [3.63, 3.8) is 0 Å². The summed E-state index contributed by atoms with van der Waals surface area (Å²) in [6, 6.07) is 7.75. The summed E-state index contributed by atoms with van der Waals surface area (Å²) >= 11 is 0. The monoisotopic (exact) mass is 221 g/mol. The topological polar surface area (TPSA) is 67.2 Å². The molecule has 16 heavy (non-hydrogen) atoms. The van der Waals surface area contributed by atoms with E-state index in [0.29, 0.717) is 19.8 Å². The van der Waals surface area contributed by atoms with Crippen LogP contribution in [-0.4, -0.2) is 20.3 Å². The number of hydrogen-bond acceptors (Lipinski definition) is 3. The van der Waals surface area contributed by atoms with Crippen LogP contribution in [0.1, 0.15) is 12.0 Å². The van der Waals surface area contributed by atoms with Crippen LogP contribution in [0.25, 0.3) is 10.4 Å². The molecular weight excluding hydrogens is 206 g/mol. The van der Waals surface area contributed by atoms with E-state index in [1.54, 1.807) is 7.11 Å². The van der Waals surface area contributed by atoms with E-state index in [0.717, 1.165) is 17.7 Å². The average Bonchev–Trinajstić information content (AvgIpc) is 2.30. The molecule has 0 N–H and O–H groups in total. The normalized spacial score (nSPS) is 9.56. The van der Waals surface area contributed by atoms with E-state index in [-0.39, 0.29) is 0 Å². The first kappa shape index (κ1) is 12.4. The molecule has 0 saturated carbocycles. The number of benzene rings is 1. The van der Waals surface area contributed by atoms with Gasteiger partial charge in [-0.1, -0.05) is 17.2 Å². The van der Waals surface area contributed by atoms with Crippen molar-refractivity contribution >= 4 is 0 Å². The smallest absolute Gasteiger partial charge is 0.119 e. The molecule has 0 spiro atoms. The molecule has 0 radical (unpaired) electrons. The van der Waals surface area contributed by atoms with Gasteiger partial charge in [0.2, 0.25) is 0 Å². The van der Waals surface area contributed by atoms with Crippen LogP contribution in [0.4, 0.5) is 0 Å². The van der Waals surface area contributed by atoms with Crippen molar-refractivity contribution in [2.75, 3.05) is 20.3 Å². The lowest BCUT2D eigenvalue weighted by molar-refractivity contribution is 0.184. The summed E-state index contributed by atoms with van der Waals surface area (Å²) in [6.45, 7) is 1.60. The van der Waals surface area contributed by atoms with Crippen molar-refractivity contribution in [2.45, 2.75) is 13.0 Å². The molecule has 0 aliphatic carbocycles. The highest BCUT2D eigenvalue weighted by atomic mass is 16.5. The van der Waals surface area contributed by atoms with Gasteiger partial charge in [0.1, 0.15) is 5.75 Å². The summed E-state index contributed by atoms with van der Waals surface area (Å²) in [5.74, 6) is 0.815. The Bertz CT molecular complexity index is 362. The van der Waals surface area contributed by atoms with Crippen LogP contribution < -0.4 is 4.74 Å². The first-order chi connectivity index (χ1) is 7.86. The van der Waals surface area contributed by atoms with Crippen LogP contribution in [0.5, 0.6) is 5.75 Å². The number of ether oxygens (including phenoxy) is 2. The number of nitrogens with zero attached hydrogens (tertiary/aromatic N) is 3. The largest absolute Gasteiger partial charge is 0.494 e. The molecule has 5 heteroatoms. The maximum absolute atomic E-state index is 8.08. The predicted octanol–water partition coefficient (Wildman–Crippen LogP) is 2.91. The lowest BCUT2D eigenvalue weighted by Crippen LogP contribution is -1.99. The van der Waals surface area contributed by atoms with Crippen LogP contribution in [0, 0.1) is 0 Å². The second kappa shape index (κ2) is 7.56. The summed E-state index contributed by atoms with van der Waals surface area (Å²) in [5, 5.41) is 3.43. The molecule has 0 unspecified atom stereocenters. The Morgan fingerprint density at radius 1 is 1.44 bits per heavy atom. The first-order valence-electron chi connectivity index (χ1n) is 5.08. The van der Waals surface area contributed by atoms with Crippen LogP contribution in [-0.2, 0) is 11.3 Å². The number of hydrogen-bond donors (Lipinski definition) is 0. The fraction of sp³-hybridized carbons (Fsp3) is 0.455. The van der Waals surface area contributed by atoms with Crippen LogP contribution in [0.2, 0.25) is 0 Å². The fourth-order valence-corrected chi connectivity index (χ4v) is 1.26. The van der Waals surface area contributed by atoms with E-state index < -0.39 is 0 Å². The molecule has 0 fully saturated rings. The molecule has 0 amide bonds. The highest BCUT2D eigenvalue weighted by Crippen LogP contribution is 2.14. The predicted molar refractivity (Wildman–Crippen MR) is 61.3 cm³/mol. The second-order valence-corrected chi connectivity index (χ2v) is 3.24. The Hall–Kier alpha value is -1.71. The van der Waals surface area contributed by atoms with Crippen molar-refractivity contribution in [3.05, 3.63) is 40.3 Å². The van der Waals surface area contributed by atoms with Crippen LogP contribution >= 0.6 is 0 Å². The number of rotatable bonds is 7. The van der Waals surface area contributed by atoms with Gasteiger partial charge >= 0.3 is 0 Å². The molecule has 1 aromatic rings. The highest BCUT2D eigenvalue weighted by Gasteiger charge is 1.96. The van der Waals surface area contributed by atoms with E-state index in [9.17, 15) is 0 Å². The zero-order valence-corrected chi connectivity index (χ0v) is 9.30. The lowest BCUT2D eigenvalue weighted by Gasteiger charge is -2.06. The Kier molecular flexibility index (Phi) is 5.84. The van der Waals surface area contributed by atoms with Gasteiger partial charge in [0.15, 0.2) is 0 Å². The summed E-state index contributed by atoms with van der Waals surface area (Å²) in [7, 11) is 1.66.